The summed E-state index contributed by atoms with van der Waals surface area (Å²) in [5, 5.41) is 2.70. The van der Waals surface area contributed by atoms with Crippen LogP contribution in [0.4, 0.5) is 0 Å². The van der Waals surface area contributed by atoms with Gasteiger partial charge in [-0.25, -0.2) is 0 Å². The Kier molecular flexibility index (Phi) is 3.84. The molecule has 1 aliphatic rings. The van der Waals surface area contributed by atoms with Crippen LogP contribution in [0.25, 0.3) is 0 Å². The average molecular weight is 274 g/mol. The first-order chi connectivity index (χ1) is 9.31. The average Bonchev–Trinajstić information content (AvgIpc) is 2.34. The summed E-state index contributed by atoms with van der Waals surface area (Å²) in [7, 11) is 0. The topological polar surface area (TPSA) is 49.4 Å². The minimum absolute atomic E-state index is 0.0172. The Hall–Kier alpha value is -1.84. The van der Waals surface area contributed by atoms with Crippen molar-refractivity contribution in [3.63, 3.8) is 0 Å². The van der Waals surface area contributed by atoms with Crippen LogP contribution in [0.2, 0.25) is 0 Å². The smallest absolute Gasteiger partial charge is 0.245 e. The summed E-state index contributed by atoms with van der Waals surface area (Å²) in [5.74, 6) is -0.101. The lowest BCUT2D eigenvalue weighted by molar-refractivity contribution is -0.148. The maximum absolute atomic E-state index is 12.3. The van der Waals surface area contributed by atoms with Crippen molar-refractivity contribution in [2.45, 2.75) is 53.2 Å². The van der Waals surface area contributed by atoms with Gasteiger partial charge in [-0.05, 0) is 51.3 Å². The van der Waals surface area contributed by atoms with Crippen LogP contribution in [0, 0.1) is 20.8 Å². The van der Waals surface area contributed by atoms with Crippen molar-refractivity contribution in [3.05, 3.63) is 34.4 Å². The highest BCUT2D eigenvalue weighted by molar-refractivity contribution is 5.96. The van der Waals surface area contributed by atoms with Crippen LogP contribution in [0.5, 0.6) is 0 Å². The summed E-state index contributed by atoms with van der Waals surface area (Å²) in [6.45, 7) is 10.2. The number of aryl methyl sites for hydroxylation is 3. The molecule has 0 radical (unpaired) electrons. The second-order valence-electron chi connectivity index (χ2n) is 5.75. The second-order valence-corrected chi connectivity index (χ2v) is 5.75. The number of hydrogen-bond donors (Lipinski definition) is 1. The lowest BCUT2D eigenvalue weighted by Crippen LogP contribution is -2.61. The first-order valence-electron chi connectivity index (χ1n) is 6.99. The van der Waals surface area contributed by atoms with Gasteiger partial charge in [0, 0.05) is 6.54 Å². The van der Waals surface area contributed by atoms with Gasteiger partial charge in [0.05, 0.1) is 0 Å². The molecule has 1 saturated heterocycles. The molecule has 4 heteroatoms. The number of rotatable bonds is 2. The van der Waals surface area contributed by atoms with E-state index in [1.54, 1.807) is 18.7 Å². The molecule has 1 heterocycles. The van der Waals surface area contributed by atoms with Crippen molar-refractivity contribution in [2.75, 3.05) is 0 Å². The summed E-state index contributed by atoms with van der Waals surface area (Å²) >= 11 is 0. The van der Waals surface area contributed by atoms with E-state index in [4.69, 9.17) is 0 Å². The number of benzene rings is 1. The molecule has 108 valence electrons. The molecular formula is C16H22N2O2. The highest BCUT2D eigenvalue weighted by Gasteiger charge is 2.35. The van der Waals surface area contributed by atoms with Gasteiger partial charge in [0.25, 0.3) is 0 Å². The van der Waals surface area contributed by atoms with Crippen LogP contribution in [-0.2, 0) is 16.1 Å². The maximum Gasteiger partial charge on any atom is 0.245 e. The molecule has 1 N–H and O–H groups in total. The number of nitrogens with zero attached hydrogens (tertiary/aromatic N) is 1. The van der Waals surface area contributed by atoms with E-state index in [1.807, 2.05) is 0 Å². The van der Waals surface area contributed by atoms with Crippen LogP contribution in [-0.4, -0.2) is 28.8 Å². The zero-order chi connectivity index (χ0) is 15.0. The summed E-state index contributed by atoms with van der Waals surface area (Å²) in [4.78, 5) is 25.8. The molecule has 2 unspecified atom stereocenters. The third-order valence-electron chi connectivity index (χ3n) is 4.03. The van der Waals surface area contributed by atoms with Gasteiger partial charge in [-0.2, -0.15) is 0 Å². The molecule has 1 aliphatic heterocycles. The summed E-state index contributed by atoms with van der Waals surface area (Å²) in [5.41, 5.74) is 4.69. The standard InChI is InChI=1S/C16H22N2O2/c1-9-6-10(2)14(11(3)7-9)8-18-13(5)15(19)17-12(4)16(18)20/h6-7,12-13H,8H2,1-5H3,(H,17,19). The lowest BCUT2D eigenvalue weighted by Gasteiger charge is -2.36. The number of hydrogen-bond acceptors (Lipinski definition) is 2. The van der Waals surface area contributed by atoms with E-state index in [0.29, 0.717) is 6.54 Å². The second kappa shape index (κ2) is 5.27. The highest BCUT2D eigenvalue weighted by atomic mass is 16.2. The number of carbonyl (C=O) groups excluding carboxylic acids is 2. The molecule has 2 atom stereocenters. The van der Waals surface area contributed by atoms with Crippen molar-refractivity contribution >= 4 is 11.8 Å². The minimum Gasteiger partial charge on any atom is -0.343 e. The molecule has 0 bridgehead atoms. The van der Waals surface area contributed by atoms with Crippen molar-refractivity contribution in [2.24, 2.45) is 0 Å². The largest absolute Gasteiger partial charge is 0.343 e. The van der Waals surface area contributed by atoms with Gasteiger partial charge in [-0.1, -0.05) is 17.7 Å². The van der Waals surface area contributed by atoms with Crippen LogP contribution in [0.1, 0.15) is 36.1 Å². The van der Waals surface area contributed by atoms with Crippen LogP contribution in [0.15, 0.2) is 12.1 Å². The van der Waals surface area contributed by atoms with Crippen LogP contribution < -0.4 is 5.32 Å². The summed E-state index contributed by atoms with van der Waals surface area (Å²) in [6, 6.07) is 3.37. The van der Waals surface area contributed by atoms with Gasteiger partial charge < -0.3 is 10.2 Å². The molecule has 0 saturated carbocycles. The zero-order valence-electron chi connectivity index (χ0n) is 12.8. The molecule has 1 aromatic rings. The molecule has 1 fully saturated rings. The normalized spacial score (nSPS) is 22.9. The zero-order valence-corrected chi connectivity index (χ0v) is 12.8. The van der Waals surface area contributed by atoms with Gasteiger partial charge in [0.1, 0.15) is 12.1 Å². The number of carbonyl (C=O) groups is 2. The third-order valence-corrected chi connectivity index (χ3v) is 4.03. The molecule has 20 heavy (non-hydrogen) atoms. The molecule has 0 aromatic heterocycles. The predicted octanol–water partition coefficient (Wildman–Crippen LogP) is 1.85. The Morgan fingerprint density at radius 1 is 1.10 bits per heavy atom. The fourth-order valence-electron chi connectivity index (χ4n) is 2.82. The Morgan fingerprint density at radius 2 is 1.65 bits per heavy atom. The monoisotopic (exact) mass is 274 g/mol. The van der Waals surface area contributed by atoms with E-state index in [9.17, 15) is 9.59 Å². The Morgan fingerprint density at radius 3 is 2.20 bits per heavy atom. The van der Waals surface area contributed by atoms with E-state index in [2.05, 4.69) is 38.2 Å². The molecule has 0 aliphatic carbocycles. The van der Waals surface area contributed by atoms with Gasteiger partial charge >= 0.3 is 0 Å². The van der Waals surface area contributed by atoms with Gasteiger partial charge in [-0.15, -0.1) is 0 Å². The van der Waals surface area contributed by atoms with Crippen molar-refractivity contribution in [1.82, 2.24) is 10.2 Å². The molecular weight excluding hydrogens is 252 g/mol. The Bertz CT molecular complexity index is 543. The lowest BCUT2D eigenvalue weighted by atomic mass is 9.98. The Labute approximate surface area is 120 Å². The van der Waals surface area contributed by atoms with E-state index < -0.39 is 12.1 Å². The highest BCUT2D eigenvalue weighted by Crippen LogP contribution is 2.21. The first kappa shape index (κ1) is 14.6. The third kappa shape index (κ3) is 2.55. The van der Waals surface area contributed by atoms with E-state index in [0.717, 1.165) is 5.56 Å². The number of nitrogens with one attached hydrogen (secondary N) is 1. The van der Waals surface area contributed by atoms with Crippen molar-refractivity contribution < 1.29 is 9.59 Å². The van der Waals surface area contributed by atoms with E-state index in [-0.39, 0.29) is 11.8 Å². The van der Waals surface area contributed by atoms with Crippen LogP contribution in [0.3, 0.4) is 0 Å². The minimum atomic E-state index is -0.440. The summed E-state index contributed by atoms with van der Waals surface area (Å²) < 4.78 is 0. The van der Waals surface area contributed by atoms with E-state index in [1.165, 1.54) is 16.7 Å². The first-order valence-corrected chi connectivity index (χ1v) is 6.99. The fourth-order valence-corrected chi connectivity index (χ4v) is 2.82. The van der Waals surface area contributed by atoms with Crippen molar-refractivity contribution in [1.29, 1.82) is 0 Å². The van der Waals surface area contributed by atoms with Crippen molar-refractivity contribution in [3.8, 4) is 0 Å². The molecule has 2 amide bonds. The van der Waals surface area contributed by atoms with Crippen LogP contribution >= 0.6 is 0 Å². The molecule has 0 spiro atoms. The molecule has 2 rings (SSSR count). The van der Waals surface area contributed by atoms with Gasteiger partial charge in [0.2, 0.25) is 11.8 Å². The maximum atomic E-state index is 12.3. The molecule has 4 nitrogen and oxygen atoms in total. The van der Waals surface area contributed by atoms with E-state index >= 15 is 0 Å². The number of piperazine rings is 1. The quantitative estimate of drug-likeness (QED) is 0.894. The van der Waals surface area contributed by atoms with Gasteiger partial charge in [0.15, 0.2) is 0 Å². The van der Waals surface area contributed by atoms with Gasteiger partial charge in [-0.3, -0.25) is 9.59 Å². The number of amides is 2. The SMILES string of the molecule is Cc1cc(C)c(CN2C(=O)C(C)NC(=O)C2C)c(C)c1. The molecule has 1 aromatic carbocycles. The Balaban J connectivity index is 2.33. The fraction of sp³-hybridized carbons (Fsp3) is 0.500. The predicted molar refractivity (Wildman–Crippen MR) is 78.3 cm³/mol. The summed E-state index contributed by atoms with van der Waals surface area (Å²) in [6.07, 6.45) is 0.